The first-order chi connectivity index (χ1) is 7.24. The van der Waals surface area contributed by atoms with Gasteiger partial charge in [-0.25, -0.2) is 0 Å². The zero-order valence-corrected chi connectivity index (χ0v) is 9.24. The third kappa shape index (κ3) is 1.87. The Kier molecular flexibility index (Phi) is 2.98. The SMILES string of the molecule is O=C[C@H]1SC(=O)N(c2ccccc2)[C@H]1Cl. The lowest BCUT2D eigenvalue weighted by Crippen LogP contribution is -2.32. The summed E-state index contributed by atoms with van der Waals surface area (Å²) >= 11 is 6.99. The smallest absolute Gasteiger partial charge is 0.288 e. The summed E-state index contributed by atoms with van der Waals surface area (Å²) in [5.74, 6) is 0. The number of para-hydroxylation sites is 1. The summed E-state index contributed by atoms with van der Waals surface area (Å²) in [5.41, 5.74) is 0.127. The van der Waals surface area contributed by atoms with E-state index in [0.717, 1.165) is 17.4 Å². The van der Waals surface area contributed by atoms with Crippen molar-refractivity contribution in [2.45, 2.75) is 10.8 Å². The zero-order valence-electron chi connectivity index (χ0n) is 7.67. The Bertz CT molecular complexity index is 384. The van der Waals surface area contributed by atoms with Crippen LogP contribution in [0.4, 0.5) is 10.5 Å². The van der Waals surface area contributed by atoms with Crippen LogP contribution in [0.2, 0.25) is 0 Å². The minimum Gasteiger partial charge on any atom is -0.302 e. The minimum absolute atomic E-state index is 0.182. The van der Waals surface area contributed by atoms with Crippen LogP contribution < -0.4 is 4.90 Å². The van der Waals surface area contributed by atoms with Gasteiger partial charge in [-0.1, -0.05) is 29.8 Å². The van der Waals surface area contributed by atoms with Crippen molar-refractivity contribution in [3.05, 3.63) is 30.3 Å². The highest BCUT2D eigenvalue weighted by molar-refractivity contribution is 8.15. The molecule has 1 aliphatic rings. The molecule has 0 aromatic heterocycles. The Morgan fingerprint density at radius 1 is 1.33 bits per heavy atom. The normalized spacial score (nSPS) is 25.7. The molecule has 1 aromatic rings. The summed E-state index contributed by atoms with van der Waals surface area (Å²) in [6, 6.07) is 9.09. The average molecular weight is 242 g/mol. The van der Waals surface area contributed by atoms with Crippen LogP contribution in [0.5, 0.6) is 0 Å². The van der Waals surface area contributed by atoms with E-state index in [2.05, 4.69) is 0 Å². The van der Waals surface area contributed by atoms with Crippen molar-refractivity contribution in [2.24, 2.45) is 0 Å². The Morgan fingerprint density at radius 2 is 2.00 bits per heavy atom. The molecule has 2 atom stereocenters. The fourth-order valence-corrected chi connectivity index (χ4v) is 2.73. The summed E-state index contributed by atoms with van der Waals surface area (Å²) < 4.78 is 0. The van der Waals surface area contributed by atoms with Crippen molar-refractivity contribution in [2.75, 3.05) is 4.90 Å². The van der Waals surface area contributed by atoms with E-state index in [1.807, 2.05) is 18.2 Å². The quantitative estimate of drug-likeness (QED) is 0.454. The second-order valence-corrected chi connectivity index (χ2v) is 4.64. The number of aldehydes is 1. The summed E-state index contributed by atoms with van der Waals surface area (Å²) in [6.07, 6.45) is 0.711. The van der Waals surface area contributed by atoms with Crippen molar-refractivity contribution >= 4 is 40.6 Å². The molecule has 0 aliphatic carbocycles. The molecule has 0 unspecified atom stereocenters. The van der Waals surface area contributed by atoms with Gasteiger partial charge in [0.05, 0.1) is 0 Å². The largest absolute Gasteiger partial charge is 0.302 e. The number of hydrogen-bond donors (Lipinski definition) is 0. The lowest BCUT2D eigenvalue weighted by atomic mass is 10.3. The molecular weight excluding hydrogens is 234 g/mol. The number of nitrogens with zero attached hydrogens (tertiary/aromatic N) is 1. The van der Waals surface area contributed by atoms with Gasteiger partial charge in [0, 0.05) is 5.69 Å². The van der Waals surface area contributed by atoms with Gasteiger partial charge in [-0.05, 0) is 23.9 Å². The van der Waals surface area contributed by atoms with Crippen LogP contribution in [0.3, 0.4) is 0 Å². The van der Waals surface area contributed by atoms with Crippen LogP contribution in [0, 0.1) is 0 Å². The van der Waals surface area contributed by atoms with Gasteiger partial charge < -0.3 is 4.79 Å². The molecule has 1 aromatic carbocycles. The zero-order chi connectivity index (χ0) is 10.8. The van der Waals surface area contributed by atoms with Crippen LogP contribution in [0.25, 0.3) is 0 Å². The molecule has 15 heavy (non-hydrogen) atoms. The number of hydrogen-bond acceptors (Lipinski definition) is 3. The topological polar surface area (TPSA) is 37.4 Å². The number of anilines is 1. The summed E-state index contributed by atoms with van der Waals surface area (Å²) in [5, 5.41) is -0.669. The van der Waals surface area contributed by atoms with Crippen LogP contribution in [-0.4, -0.2) is 22.3 Å². The van der Waals surface area contributed by atoms with Crippen molar-refractivity contribution in [3.8, 4) is 0 Å². The number of carbonyl (C=O) groups excluding carboxylic acids is 2. The van der Waals surface area contributed by atoms with Crippen molar-refractivity contribution < 1.29 is 9.59 Å². The highest BCUT2D eigenvalue weighted by Gasteiger charge is 2.40. The number of rotatable bonds is 2. The van der Waals surface area contributed by atoms with E-state index in [1.165, 1.54) is 4.90 Å². The molecule has 0 saturated carbocycles. The molecule has 5 heteroatoms. The van der Waals surface area contributed by atoms with Gasteiger partial charge in [-0.15, -0.1) is 0 Å². The van der Waals surface area contributed by atoms with E-state index >= 15 is 0 Å². The third-order valence-electron chi connectivity index (χ3n) is 2.12. The molecule has 78 valence electrons. The molecule has 2 rings (SSSR count). The van der Waals surface area contributed by atoms with Gasteiger partial charge in [-0.2, -0.15) is 0 Å². The highest BCUT2D eigenvalue weighted by atomic mass is 35.5. The predicted molar refractivity (Wildman–Crippen MR) is 61.4 cm³/mol. The van der Waals surface area contributed by atoms with E-state index in [0.29, 0.717) is 6.29 Å². The van der Waals surface area contributed by atoms with Crippen molar-refractivity contribution in [1.29, 1.82) is 0 Å². The van der Waals surface area contributed by atoms with Crippen molar-refractivity contribution in [3.63, 3.8) is 0 Å². The summed E-state index contributed by atoms with van der Waals surface area (Å²) in [4.78, 5) is 23.7. The number of halogens is 1. The third-order valence-corrected chi connectivity index (χ3v) is 3.78. The van der Waals surface area contributed by atoms with Gasteiger partial charge in [0.25, 0.3) is 5.24 Å². The minimum atomic E-state index is -0.595. The lowest BCUT2D eigenvalue weighted by molar-refractivity contribution is -0.107. The van der Waals surface area contributed by atoms with Crippen LogP contribution in [-0.2, 0) is 4.79 Å². The van der Waals surface area contributed by atoms with Gasteiger partial charge in [0.2, 0.25) is 0 Å². The molecule has 0 N–H and O–H groups in total. The van der Waals surface area contributed by atoms with E-state index < -0.39 is 10.8 Å². The second-order valence-electron chi connectivity index (χ2n) is 3.06. The average Bonchev–Trinajstić information content (AvgIpc) is 2.55. The van der Waals surface area contributed by atoms with Gasteiger partial charge in [-0.3, -0.25) is 9.69 Å². The van der Waals surface area contributed by atoms with Gasteiger partial charge in [0.15, 0.2) is 0 Å². The second kappa shape index (κ2) is 4.24. The van der Waals surface area contributed by atoms with E-state index in [1.54, 1.807) is 12.1 Å². The van der Waals surface area contributed by atoms with Crippen LogP contribution in [0.1, 0.15) is 0 Å². The molecule has 1 heterocycles. The van der Waals surface area contributed by atoms with E-state index in [-0.39, 0.29) is 5.24 Å². The number of thioether (sulfide) groups is 1. The van der Waals surface area contributed by atoms with E-state index in [9.17, 15) is 9.59 Å². The number of carbonyl (C=O) groups is 2. The maximum absolute atomic E-state index is 11.6. The van der Waals surface area contributed by atoms with E-state index in [4.69, 9.17) is 11.6 Å². The first kappa shape index (κ1) is 10.5. The number of alkyl halides is 1. The monoisotopic (exact) mass is 241 g/mol. The highest BCUT2D eigenvalue weighted by Crippen LogP contribution is 2.36. The Balaban J connectivity index is 2.30. The standard InChI is InChI=1S/C10H8ClNO2S/c11-9-8(6-13)15-10(14)12(9)7-4-2-1-3-5-7/h1-6,8-9H/t8-,9-/m1/s1. The first-order valence-electron chi connectivity index (χ1n) is 4.38. The van der Waals surface area contributed by atoms with Crippen LogP contribution >= 0.6 is 23.4 Å². The number of benzene rings is 1. The first-order valence-corrected chi connectivity index (χ1v) is 5.70. The molecule has 1 fully saturated rings. The molecule has 0 bridgehead atoms. The maximum Gasteiger partial charge on any atom is 0.288 e. The Hall–Kier alpha value is -1.00. The predicted octanol–water partition coefficient (Wildman–Crippen LogP) is 2.49. The Morgan fingerprint density at radius 3 is 2.53 bits per heavy atom. The molecule has 1 amide bonds. The molecule has 1 aliphatic heterocycles. The van der Waals surface area contributed by atoms with Crippen LogP contribution in [0.15, 0.2) is 30.3 Å². The molecule has 0 radical (unpaired) electrons. The van der Waals surface area contributed by atoms with Gasteiger partial charge in [0.1, 0.15) is 17.0 Å². The molecule has 3 nitrogen and oxygen atoms in total. The summed E-state index contributed by atoms with van der Waals surface area (Å²) in [6.45, 7) is 0. The maximum atomic E-state index is 11.6. The summed E-state index contributed by atoms with van der Waals surface area (Å²) in [7, 11) is 0. The fraction of sp³-hybridized carbons (Fsp3) is 0.200. The Labute approximate surface area is 96.4 Å². The fourth-order valence-electron chi connectivity index (χ4n) is 1.41. The molecule has 1 saturated heterocycles. The molecule has 0 spiro atoms. The van der Waals surface area contributed by atoms with Crippen molar-refractivity contribution in [1.82, 2.24) is 0 Å². The molecular formula is C10H8ClNO2S. The van der Waals surface area contributed by atoms with Gasteiger partial charge >= 0.3 is 0 Å². The lowest BCUT2D eigenvalue weighted by Gasteiger charge is -2.19. The number of amides is 1.